The molecule has 0 radical (unpaired) electrons. The van der Waals surface area contributed by atoms with Crippen LogP contribution in [-0.4, -0.2) is 77.6 Å². The molecule has 4 saturated heterocycles. The van der Waals surface area contributed by atoms with Gasteiger partial charge in [-0.1, -0.05) is 95.5 Å². The Morgan fingerprint density at radius 2 is 1.10 bits per heavy atom. The van der Waals surface area contributed by atoms with E-state index in [-0.39, 0.29) is 47.1 Å². The monoisotopic (exact) mass is 688 g/mol. The number of alkyl halides is 1. The van der Waals surface area contributed by atoms with Crippen LogP contribution < -0.4 is 5.73 Å². The van der Waals surface area contributed by atoms with Crippen LogP contribution in [0.25, 0.3) is 0 Å². The number of cyclic esters (lactones) is 2. The van der Waals surface area contributed by atoms with Crippen LogP contribution in [0.15, 0.2) is 95.2 Å². The molecule has 2 amide bonds. The number of hydrogen-bond donors (Lipinski definition) is 1. The van der Waals surface area contributed by atoms with Crippen molar-refractivity contribution >= 4 is 46.3 Å². The zero-order valence-corrected chi connectivity index (χ0v) is 25.1. The number of nitrogens with two attached hydrogens (primary N) is 1. The molecular formula is C31H33IN2O8. The zero-order valence-electron chi connectivity index (χ0n) is 23.0. The minimum Gasteiger partial charge on any atom is -0.412 e. The Morgan fingerprint density at radius 1 is 0.714 bits per heavy atom. The molecule has 0 saturated carbocycles. The zero-order chi connectivity index (χ0) is 29.1. The van der Waals surface area contributed by atoms with Crippen LogP contribution in [0, 0.1) is 23.7 Å². The Labute approximate surface area is 257 Å². The number of rotatable bonds is 3. The van der Waals surface area contributed by atoms with Crippen molar-refractivity contribution < 1.29 is 38.9 Å². The molecule has 0 aromatic rings. The highest BCUT2D eigenvalue weighted by Gasteiger charge is 2.46. The molecule has 10 nitrogen and oxygen atoms in total. The van der Waals surface area contributed by atoms with Crippen molar-refractivity contribution in [3.63, 3.8) is 0 Å². The molecule has 2 unspecified atom stereocenters. The Kier molecular flexibility index (Phi) is 10.4. The number of amides is 2. The van der Waals surface area contributed by atoms with E-state index in [1.165, 1.54) is 4.90 Å². The SMILES string of the molecule is CI.NCC1CO1.O.O=C1C2=CC=CC3C=CC=C(C(=O)N1CC1CO1)C23.O=C1OC(=O)C2=CC=CC3C=CC=C1C23. The van der Waals surface area contributed by atoms with Crippen LogP contribution in [-0.2, 0) is 33.4 Å². The minimum absolute atomic E-state index is 0. The third-order valence-electron chi connectivity index (χ3n) is 7.64. The average Bonchev–Trinajstić information content (AvgIpc) is 3.94. The van der Waals surface area contributed by atoms with Crippen molar-refractivity contribution in [3.05, 3.63) is 95.2 Å². The van der Waals surface area contributed by atoms with Gasteiger partial charge in [0.15, 0.2) is 0 Å². The predicted octanol–water partition coefficient (Wildman–Crippen LogP) is 1.84. The fourth-order valence-electron chi connectivity index (χ4n) is 5.45. The summed E-state index contributed by atoms with van der Waals surface area (Å²) >= 11 is 2.15. The molecule has 0 spiro atoms. The van der Waals surface area contributed by atoms with Crippen LogP contribution in [0.3, 0.4) is 0 Å². The van der Waals surface area contributed by atoms with Gasteiger partial charge in [0.2, 0.25) is 0 Å². The van der Waals surface area contributed by atoms with Crippen molar-refractivity contribution in [1.29, 1.82) is 0 Å². The molecule has 11 heteroatoms. The van der Waals surface area contributed by atoms with E-state index in [0.717, 1.165) is 17.8 Å². The number of imide groups is 1. The second-order valence-electron chi connectivity index (χ2n) is 10.2. The molecular weight excluding hydrogens is 655 g/mol. The van der Waals surface area contributed by atoms with Crippen molar-refractivity contribution in [2.75, 3.05) is 31.2 Å². The lowest BCUT2D eigenvalue weighted by atomic mass is 9.72. The first kappa shape index (κ1) is 31.7. The van der Waals surface area contributed by atoms with Crippen molar-refractivity contribution in [1.82, 2.24) is 4.90 Å². The maximum absolute atomic E-state index is 12.5. The standard InChI is InChI=1S/C15H13NO3.C12H8O3.C3H7NO.CH3I.H2O/c17-14-11-5-1-3-9-4-2-6-12(13(9)11)15(18)16(14)7-10-8-19-10;13-11-8-5-1-3-7-4-2-6-9(10(7)8)12(14)15-11;4-1-3-2-5-3;1-2;/h1-6,9-10,13H,7-8H2;1-7,10H;3H,1-2,4H2;1H3;1H2. The molecule has 4 heterocycles. The predicted molar refractivity (Wildman–Crippen MR) is 163 cm³/mol. The molecule has 8 rings (SSSR count). The Bertz CT molecular complexity index is 1290. The molecule has 4 aliphatic heterocycles. The van der Waals surface area contributed by atoms with Gasteiger partial charge >= 0.3 is 11.9 Å². The van der Waals surface area contributed by atoms with Crippen LogP contribution in [0.5, 0.6) is 0 Å². The van der Waals surface area contributed by atoms with Gasteiger partial charge in [-0.05, 0) is 4.93 Å². The lowest BCUT2D eigenvalue weighted by Gasteiger charge is -2.38. The lowest BCUT2D eigenvalue weighted by molar-refractivity contribution is -0.157. The van der Waals surface area contributed by atoms with Crippen LogP contribution >= 0.6 is 22.6 Å². The second kappa shape index (κ2) is 13.8. The van der Waals surface area contributed by atoms with E-state index in [9.17, 15) is 19.2 Å². The van der Waals surface area contributed by atoms with E-state index in [0.29, 0.717) is 36.9 Å². The number of carbonyl (C=O) groups is 4. The Balaban J connectivity index is 0.000000157. The number of allylic oxidation sites excluding steroid dienone is 12. The van der Waals surface area contributed by atoms with Gasteiger partial charge in [0.1, 0.15) is 0 Å². The summed E-state index contributed by atoms with van der Waals surface area (Å²) in [5.41, 5.74) is 7.72. The maximum Gasteiger partial charge on any atom is 0.342 e. The second-order valence-corrected chi connectivity index (χ2v) is 10.2. The largest absolute Gasteiger partial charge is 0.412 e. The number of halogens is 1. The number of carbonyl (C=O) groups excluding carboxylic acids is 4. The molecule has 4 fully saturated rings. The number of hydrogen-bond acceptors (Lipinski definition) is 8. The summed E-state index contributed by atoms with van der Waals surface area (Å²) in [5, 5.41) is 0. The summed E-state index contributed by atoms with van der Waals surface area (Å²) in [6.07, 6.45) is 23.1. The maximum atomic E-state index is 12.5. The third-order valence-corrected chi connectivity index (χ3v) is 7.64. The Hall–Kier alpha value is -3.23. The highest BCUT2D eigenvalue weighted by molar-refractivity contribution is 14.1. The topological polar surface area (TPSA) is 163 Å². The van der Waals surface area contributed by atoms with Crippen molar-refractivity contribution in [2.45, 2.75) is 12.2 Å². The van der Waals surface area contributed by atoms with Crippen molar-refractivity contribution in [3.8, 4) is 0 Å². The summed E-state index contributed by atoms with van der Waals surface area (Å²) in [7, 11) is 0. The summed E-state index contributed by atoms with van der Waals surface area (Å²) < 4.78 is 14.5. The fraction of sp³-hybridized carbons (Fsp3) is 0.355. The molecule has 0 aromatic heterocycles. The van der Waals surface area contributed by atoms with Crippen LogP contribution in [0.1, 0.15) is 0 Å². The van der Waals surface area contributed by atoms with E-state index >= 15 is 0 Å². The first-order valence-corrected chi connectivity index (χ1v) is 15.6. The van der Waals surface area contributed by atoms with Crippen LogP contribution in [0.4, 0.5) is 0 Å². The van der Waals surface area contributed by atoms with Gasteiger partial charge in [0.05, 0.1) is 32.0 Å². The van der Waals surface area contributed by atoms with E-state index in [1.54, 1.807) is 12.2 Å². The number of ether oxygens (including phenoxy) is 3. The van der Waals surface area contributed by atoms with E-state index < -0.39 is 11.9 Å². The van der Waals surface area contributed by atoms with Gasteiger partial charge in [0.25, 0.3) is 11.8 Å². The molecule has 8 aliphatic rings. The van der Waals surface area contributed by atoms with Gasteiger partial charge in [-0.3, -0.25) is 14.5 Å². The summed E-state index contributed by atoms with van der Waals surface area (Å²) in [5.74, 6) is -1.31. The molecule has 4 aliphatic carbocycles. The molecule has 222 valence electrons. The number of esters is 2. The van der Waals surface area contributed by atoms with E-state index in [4.69, 9.17) is 15.2 Å². The first-order valence-electron chi connectivity index (χ1n) is 13.4. The lowest BCUT2D eigenvalue weighted by Crippen LogP contribution is -2.50. The molecule has 0 bridgehead atoms. The van der Waals surface area contributed by atoms with E-state index in [2.05, 4.69) is 27.3 Å². The minimum atomic E-state index is -0.508. The van der Waals surface area contributed by atoms with Gasteiger partial charge < -0.3 is 25.4 Å². The van der Waals surface area contributed by atoms with Crippen LogP contribution in [0.2, 0.25) is 0 Å². The van der Waals surface area contributed by atoms with Crippen molar-refractivity contribution in [2.24, 2.45) is 29.4 Å². The highest BCUT2D eigenvalue weighted by atomic mass is 127. The molecule has 0 aromatic carbocycles. The summed E-state index contributed by atoms with van der Waals surface area (Å²) in [6.45, 7) is 2.59. The highest BCUT2D eigenvalue weighted by Crippen LogP contribution is 2.42. The molecule has 4 N–H and O–H groups in total. The van der Waals surface area contributed by atoms with Gasteiger partial charge in [0, 0.05) is 52.5 Å². The van der Waals surface area contributed by atoms with Gasteiger partial charge in [-0.25, -0.2) is 9.59 Å². The normalized spacial score (nSPS) is 31.4. The Morgan fingerprint density at radius 3 is 1.45 bits per heavy atom. The van der Waals surface area contributed by atoms with Gasteiger partial charge in [-0.15, -0.1) is 0 Å². The number of epoxide rings is 2. The number of nitrogens with zero attached hydrogens (tertiary/aromatic N) is 1. The van der Waals surface area contributed by atoms with E-state index in [1.807, 2.05) is 65.7 Å². The summed E-state index contributed by atoms with van der Waals surface area (Å²) in [4.78, 5) is 51.2. The third kappa shape index (κ3) is 6.55. The smallest absolute Gasteiger partial charge is 0.342 e. The fourth-order valence-corrected chi connectivity index (χ4v) is 5.45. The number of likely N-dealkylation sites (tertiary alicyclic amines) is 1. The summed E-state index contributed by atoms with van der Waals surface area (Å²) in [6, 6.07) is 0. The molecule has 2 atom stereocenters. The first-order chi connectivity index (χ1) is 20.0. The average molecular weight is 689 g/mol. The van der Waals surface area contributed by atoms with Gasteiger partial charge in [-0.2, -0.15) is 0 Å². The number of piperidine rings is 1. The quantitative estimate of drug-likeness (QED) is 0.117. The molecule has 42 heavy (non-hydrogen) atoms.